The minimum Gasteiger partial charge on any atom is -0.378 e. The molecule has 1 aliphatic rings. The summed E-state index contributed by atoms with van der Waals surface area (Å²) in [7, 11) is 8.12. The van der Waals surface area contributed by atoms with Gasteiger partial charge in [0.05, 0.1) is 0 Å². The minimum absolute atomic E-state index is 0.163. The van der Waals surface area contributed by atoms with Gasteiger partial charge in [0.25, 0.3) is 0 Å². The van der Waals surface area contributed by atoms with Crippen LogP contribution in [0.25, 0.3) is 12.2 Å². The number of carbonyl (C=O) groups excluding carboxylic acids is 1. The van der Waals surface area contributed by atoms with Crippen LogP contribution in [0.5, 0.6) is 0 Å². The van der Waals surface area contributed by atoms with Gasteiger partial charge < -0.3 is 9.80 Å². The Morgan fingerprint density at radius 1 is 0.767 bits per heavy atom. The fraction of sp³-hybridized carbons (Fsp3) is 0.346. The molecule has 3 rings (SSSR count). The van der Waals surface area contributed by atoms with Gasteiger partial charge in [-0.1, -0.05) is 31.2 Å². The van der Waals surface area contributed by atoms with Crippen molar-refractivity contribution in [1.82, 2.24) is 4.90 Å². The van der Waals surface area contributed by atoms with E-state index in [4.69, 9.17) is 0 Å². The molecular weight excluding hydrogens is 370 g/mol. The second kappa shape index (κ2) is 9.77. The van der Waals surface area contributed by atoms with Crippen LogP contribution in [0, 0.1) is 0 Å². The Kier molecular flexibility index (Phi) is 7.11. The highest BCUT2D eigenvalue weighted by atomic mass is 16.1. The molecule has 158 valence electrons. The molecule has 0 aliphatic carbocycles. The molecule has 1 heterocycles. The zero-order valence-electron chi connectivity index (χ0n) is 18.9. The first-order valence-corrected chi connectivity index (χ1v) is 10.6. The zero-order chi connectivity index (χ0) is 21.7. The van der Waals surface area contributed by atoms with E-state index in [0.29, 0.717) is 13.1 Å². The van der Waals surface area contributed by atoms with Crippen LogP contribution in [0.4, 0.5) is 11.4 Å². The molecule has 1 fully saturated rings. The standard InChI is InChI=1S/C26H33N3O/c1-6-15-29-18-22(16-20-7-11-24(12-8-20)27(2)3)26(30)23(19-29)17-21-9-13-25(14-10-21)28(4)5/h7-14,16-17H,6,15,18-19H2,1-5H3/b22-16+,23-17+. The Morgan fingerprint density at radius 3 is 1.50 bits per heavy atom. The molecule has 0 atom stereocenters. The summed E-state index contributed by atoms with van der Waals surface area (Å²) in [5.74, 6) is 0.163. The van der Waals surface area contributed by atoms with Crippen molar-refractivity contribution in [2.45, 2.75) is 13.3 Å². The summed E-state index contributed by atoms with van der Waals surface area (Å²) in [6, 6.07) is 16.7. The van der Waals surface area contributed by atoms with Crippen molar-refractivity contribution >= 4 is 29.3 Å². The van der Waals surface area contributed by atoms with Gasteiger partial charge in [-0.25, -0.2) is 0 Å². The van der Waals surface area contributed by atoms with Gasteiger partial charge in [-0.15, -0.1) is 0 Å². The summed E-state index contributed by atoms with van der Waals surface area (Å²) >= 11 is 0. The van der Waals surface area contributed by atoms with Crippen LogP contribution < -0.4 is 9.80 Å². The third kappa shape index (κ3) is 5.39. The molecular formula is C26H33N3O. The lowest BCUT2D eigenvalue weighted by molar-refractivity contribution is -0.113. The predicted octanol–water partition coefficient (Wildman–Crippen LogP) is 4.58. The first kappa shape index (κ1) is 21.8. The van der Waals surface area contributed by atoms with Crippen molar-refractivity contribution in [2.75, 3.05) is 57.6 Å². The molecule has 0 aromatic heterocycles. The Balaban J connectivity index is 1.89. The van der Waals surface area contributed by atoms with Crippen molar-refractivity contribution in [2.24, 2.45) is 0 Å². The van der Waals surface area contributed by atoms with Crippen molar-refractivity contribution in [3.63, 3.8) is 0 Å². The molecule has 2 aromatic carbocycles. The number of piperidine rings is 1. The first-order chi connectivity index (χ1) is 14.4. The number of hydrogen-bond acceptors (Lipinski definition) is 4. The summed E-state index contributed by atoms with van der Waals surface area (Å²) in [4.78, 5) is 19.8. The Hall–Kier alpha value is -2.85. The van der Waals surface area contributed by atoms with Crippen LogP contribution in [-0.2, 0) is 4.79 Å². The summed E-state index contributed by atoms with van der Waals surface area (Å²) in [6.45, 7) is 4.59. The molecule has 0 saturated carbocycles. The topological polar surface area (TPSA) is 26.8 Å². The highest BCUT2D eigenvalue weighted by Crippen LogP contribution is 2.24. The molecule has 2 aromatic rings. The van der Waals surface area contributed by atoms with Crippen molar-refractivity contribution in [3.05, 3.63) is 70.8 Å². The van der Waals surface area contributed by atoms with Crippen molar-refractivity contribution < 1.29 is 4.79 Å². The van der Waals surface area contributed by atoms with Crippen LogP contribution in [0.3, 0.4) is 0 Å². The Bertz CT molecular complexity index is 848. The molecule has 0 radical (unpaired) electrons. The fourth-order valence-electron chi connectivity index (χ4n) is 3.72. The summed E-state index contributed by atoms with van der Waals surface area (Å²) in [5, 5.41) is 0. The van der Waals surface area contributed by atoms with Gasteiger partial charge in [-0.3, -0.25) is 9.69 Å². The lowest BCUT2D eigenvalue weighted by Crippen LogP contribution is -2.38. The zero-order valence-corrected chi connectivity index (χ0v) is 18.9. The highest BCUT2D eigenvalue weighted by Gasteiger charge is 2.25. The van der Waals surface area contributed by atoms with Crippen LogP contribution in [0.15, 0.2) is 59.7 Å². The van der Waals surface area contributed by atoms with Gasteiger partial charge in [-0.2, -0.15) is 0 Å². The van der Waals surface area contributed by atoms with E-state index >= 15 is 0 Å². The molecule has 0 amide bonds. The summed E-state index contributed by atoms with van der Waals surface area (Å²) in [5.41, 5.74) is 6.17. The van der Waals surface area contributed by atoms with E-state index in [1.807, 2.05) is 40.3 Å². The van der Waals surface area contributed by atoms with Crippen molar-refractivity contribution in [3.8, 4) is 0 Å². The number of anilines is 2. The lowest BCUT2D eigenvalue weighted by atomic mass is 9.94. The quantitative estimate of drug-likeness (QED) is 0.660. The molecule has 4 nitrogen and oxygen atoms in total. The lowest BCUT2D eigenvalue weighted by Gasteiger charge is -2.29. The van der Waals surface area contributed by atoms with Crippen LogP contribution in [0.1, 0.15) is 24.5 Å². The number of ketones is 1. The fourth-order valence-corrected chi connectivity index (χ4v) is 3.72. The third-order valence-electron chi connectivity index (χ3n) is 5.41. The van der Waals surface area contributed by atoms with E-state index in [-0.39, 0.29) is 5.78 Å². The van der Waals surface area contributed by atoms with E-state index in [2.05, 4.69) is 70.2 Å². The molecule has 4 heteroatoms. The van der Waals surface area contributed by atoms with Crippen molar-refractivity contribution in [1.29, 1.82) is 0 Å². The molecule has 0 spiro atoms. The van der Waals surface area contributed by atoms with Gasteiger partial charge in [0, 0.05) is 63.8 Å². The van der Waals surface area contributed by atoms with Gasteiger partial charge >= 0.3 is 0 Å². The average Bonchev–Trinajstić information content (AvgIpc) is 2.72. The monoisotopic (exact) mass is 403 g/mol. The maximum absolute atomic E-state index is 13.3. The second-order valence-electron chi connectivity index (χ2n) is 8.35. The minimum atomic E-state index is 0.163. The second-order valence-corrected chi connectivity index (χ2v) is 8.35. The van der Waals surface area contributed by atoms with Crippen LogP contribution >= 0.6 is 0 Å². The van der Waals surface area contributed by atoms with Gasteiger partial charge in [-0.05, 0) is 60.5 Å². The first-order valence-electron chi connectivity index (χ1n) is 10.6. The number of likely N-dealkylation sites (tertiary alicyclic amines) is 1. The van der Waals surface area contributed by atoms with E-state index in [1.54, 1.807) is 0 Å². The molecule has 1 aliphatic heterocycles. The van der Waals surface area contributed by atoms with E-state index in [9.17, 15) is 4.79 Å². The number of nitrogens with zero attached hydrogens (tertiary/aromatic N) is 3. The van der Waals surface area contributed by atoms with E-state index in [0.717, 1.165) is 46.6 Å². The number of benzene rings is 2. The van der Waals surface area contributed by atoms with E-state index < -0.39 is 0 Å². The normalized spacial score (nSPS) is 17.6. The Labute approximate surface area is 181 Å². The predicted molar refractivity (Wildman–Crippen MR) is 129 cm³/mol. The van der Waals surface area contributed by atoms with Crippen LogP contribution in [0.2, 0.25) is 0 Å². The van der Waals surface area contributed by atoms with Gasteiger partial charge in [0.15, 0.2) is 5.78 Å². The smallest absolute Gasteiger partial charge is 0.187 e. The largest absolute Gasteiger partial charge is 0.378 e. The van der Waals surface area contributed by atoms with E-state index in [1.165, 1.54) is 0 Å². The third-order valence-corrected chi connectivity index (χ3v) is 5.41. The molecule has 0 bridgehead atoms. The molecule has 0 N–H and O–H groups in total. The summed E-state index contributed by atoms with van der Waals surface area (Å²) < 4.78 is 0. The summed E-state index contributed by atoms with van der Waals surface area (Å²) in [6.07, 6.45) is 5.17. The maximum atomic E-state index is 13.3. The number of hydrogen-bond donors (Lipinski definition) is 0. The highest BCUT2D eigenvalue weighted by molar-refractivity contribution is 6.14. The Morgan fingerprint density at radius 2 is 1.17 bits per heavy atom. The molecule has 30 heavy (non-hydrogen) atoms. The van der Waals surface area contributed by atoms with Gasteiger partial charge in [0.2, 0.25) is 0 Å². The SMILES string of the molecule is CCCN1C/C(=C\c2ccc(N(C)C)cc2)C(=O)/C(=C/c2ccc(N(C)C)cc2)C1. The van der Waals surface area contributed by atoms with Crippen LogP contribution in [-0.4, -0.2) is 58.5 Å². The number of carbonyl (C=O) groups is 1. The van der Waals surface area contributed by atoms with Gasteiger partial charge in [0.1, 0.15) is 0 Å². The molecule has 0 unspecified atom stereocenters. The maximum Gasteiger partial charge on any atom is 0.187 e. The number of rotatable bonds is 6. The molecule has 1 saturated heterocycles. The average molecular weight is 404 g/mol. The number of Topliss-reactive ketones (excluding diaryl/α,β-unsaturated/α-hetero) is 1.